The van der Waals surface area contributed by atoms with Crippen LogP contribution in [0.2, 0.25) is 5.02 Å². The van der Waals surface area contributed by atoms with Crippen LogP contribution < -0.4 is 5.73 Å². The minimum absolute atomic E-state index is 0.618. The van der Waals surface area contributed by atoms with Gasteiger partial charge in [0.2, 0.25) is 0 Å². The summed E-state index contributed by atoms with van der Waals surface area (Å²) in [5, 5.41) is 11.5. The number of halogens is 1. The summed E-state index contributed by atoms with van der Waals surface area (Å²) in [6.07, 6.45) is 1.72. The summed E-state index contributed by atoms with van der Waals surface area (Å²) in [5.41, 5.74) is 13.4. The molecule has 33 heavy (non-hydrogen) atoms. The average Bonchev–Trinajstić information content (AvgIpc) is 2.84. The number of rotatable bonds is 4. The zero-order valence-corrected chi connectivity index (χ0v) is 18.8. The van der Waals surface area contributed by atoms with E-state index < -0.39 is 0 Å². The molecule has 0 saturated heterocycles. The Kier molecular flexibility index (Phi) is 5.59. The first kappa shape index (κ1) is 20.9. The fourth-order valence-corrected chi connectivity index (χ4v) is 4.06. The van der Waals surface area contributed by atoms with E-state index in [1.165, 1.54) is 0 Å². The van der Waals surface area contributed by atoms with Gasteiger partial charge >= 0.3 is 0 Å². The third-order valence-corrected chi connectivity index (χ3v) is 5.79. The molecule has 0 spiro atoms. The van der Waals surface area contributed by atoms with Gasteiger partial charge in [0.15, 0.2) is 0 Å². The lowest BCUT2D eigenvalue weighted by atomic mass is 9.95. The third-order valence-electron chi connectivity index (χ3n) is 5.56. The fourth-order valence-electron chi connectivity index (χ4n) is 3.87. The van der Waals surface area contributed by atoms with E-state index in [-0.39, 0.29) is 0 Å². The quantitative estimate of drug-likeness (QED) is 0.221. The summed E-state index contributed by atoms with van der Waals surface area (Å²) in [7, 11) is 0. The first-order chi connectivity index (χ1) is 16.1. The number of hydrogen-bond donors (Lipinski definition) is 1. The van der Waals surface area contributed by atoms with Gasteiger partial charge in [-0.1, -0.05) is 71.8 Å². The molecule has 0 amide bonds. The molecule has 2 N–H and O–H groups in total. The lowest BCUT2D eigenvalue weighted by molar-refractivity contribution is 1.20. The van der Waals surface area contributed by atoms with Crippen LogP contribution in [0, 0.1) is 6.92 Å². The second-order valence-electron chi connectivity index (χ2n) is 7.88. The number of pyridine rings is 1. The Labute approximate surface area is 197 Å². The minimum atomic E-state index is 0.618. The molecule has 4 nitrogen and oxygen atoms in total. The van der Waals surface area contributed by atoms with Crippen molar-refractivity contribution in [2.45, 2.75) is 6.92 Å². The Morgan fingerprint density at radius 3 is 2.48 bits per heavy atom. The van der Waals surface area contributed by atoms with Gasteiger partial charge in [0.05, 0.1) is 17.6 Å². The molecule has 0 aliphatic heterocycles. The Bertz CT molecular complexity index is 1490. The van der Waals surface area contributed by atoms with E-state index in [1.807, 2.05) is 66.7 Å². The van der Waals surface area contributed by atoms with E-state index in [4.69, 9.17) is 17.3 Å². The molecule has 4 aromatic carbocycles. The van der Waals surface area contributed by atoms with Gasteiger partial charge in [-0.3, -0.25) is 4.98 Å². The average molecular weight is 449 g/mol. The smallest absolute Gasteiger partial charge is 0.109 e. The predicted molar refractivity (Wildman–Crippen MR) is 137 cm³/mol. The lowest BCUT2D eigenvalue weighted by Gasteiger charge is -2.11. The van der Waals surface area contributed by atoms with E-state index in [0.29, 0.717) is 22.1 Å². The molecule has 0 atom stereocenters. The molecule has 0 saturated carbocycles. The van der Waals surface area contributed by atoms with Crippen LogP contribution in [0.1, 0.15) is 5.56 Å². The number of nitrogens with zero attached hydrogens (tertiary/aromatic N) is 3. The Morgan fingerprint density at radius 1 is 0.788 bits per heavy atom. The van der Waals surface area contributed by atoms with Crippen molar-refractivity contribution in [1.29, 1.82) is 0 Å². The van der Waals surface area contributed by atoms with Crippen LogP contribution in [0.25, 0.3) is 33.2 Å². The molecule has 0 aliphatic carbocycles. The van der Waals surface area contributed by atoms with Gasteiger partial charge in [-0.2, -0.15) is 0 Å². The molecule has 0 bridgehead atoms. The second kappa shape index (κ2) is 8.85. The number of anilines is 1. The Hall–Kier alpha value is -4.02. The predicted octanol–water partition coefficient (Wildman–Crippen LogP) is 8.53. The highest BCUT2D eigenvalue weighted by Crippen LogP contribution is 2.35. The van der Waals surface area contributed by atoms with Crippen molar-refractivity contribution in [2.24, 2.45) is 10.2 Å². The summed E-state index contributed by atoms with van der Waals surface area (Å²) < 4.78 is 0. The summed E-state index contributed by atoms with van der Waals surface area (Å²) in [4.78, 5) is 4.67. The van der Waals surface area contributed by atoms with Crippen molar-refractivity contribution in [1.82, 2.24) is 4.98 Å². The molecule has 1 heterocycles. The monoisotopic (exact) mass is 448 g/mol. The van der Waals surface area contributed by atoms with Gasteiger partial charge in [0.1, 0.15) is 11.4 Å². The van der Waals surface area contributed by atoms with E-state index in [9.17, 15) is 0 Å². The minimum Gasteiger partial charge on any atom is -0.396 e. The van der Waals surface area contributed by atoms with Crippen LogP contribution in [0.15, 0.2) is 107 Å². The van der Waals surface area contributed by atoms with Gasteiger partial charge in [-0.15, -0.1) is 10.2 Å². The van der Waals surface area contributed by atoms with Crippen LogP contribution in [-0.2, 0) is 0 Å². The van der Waals surface area contributed by atoms with Gasteiger partial charge in [-0.25, -0.2) is 0 Å². The van der Waals surface area contributed by atoms with Crippen molar-refractivity contribution in [2.75, 3.05) is 5.73 Å². The summed E-state index contributed by atoms with van der Waals surface area (Å²) in [6, 6.07) is 29.9. The van der Waals surface area contributed by atoms with E-state index in [0.717, 1.165) is 38.7 Å². The summed E-state index contributed by atoms with van der Waals surface area (Å²) >= 11 is 6.23. The highest BCUT2D eigenvalue weighted by molar-refractivity contribution is 6.30. The number of hydrogen-bond acceptors (Lipinski definition) is 4. The molecule has 5 heteroatoms. The van der Waals surface area contributed by atoms with Gasteiger partial charge in [0, 0.05) is 16.0 Å². The van der Waals surface area contributed by atoms with Crippen LogP contribution in [0.3, 0.4) is 0 Å². The first-order valence-corrected chi connectivity index (χ1v) is 11.0. The van der Waals surface area contributed by atoms with Crippen molar-refractivity contribution in [3.63, 3.8) is 0 Å². The number of nitrogens with two attached hydrogens (primary N) is 1. The molecule has 0 aliphatic rings. The number of benzene rings is 4. The standard InChI is InChI=1S/C28H21ClN4/c1-18-9-12-23(20-6-4-7-21(29)16-20)25(15-18)26-14-11-22(17-31-26)32-33-27-13-10-19-5-2-3-8-24(19)28(27)30/h2-17H,30H2,1H3. The first-order valence-electron chi connectivity index (χ1n) is 10.6. The highest BCUT2D eigenvalue weighted by Gasteiger charge is 2.10. The maximum atomic E-state index is 6.30. The van der Waals surface area contributed by atoms with Crippen molar-refractivity contribution >= 4 is 39.4 Å². The number of nitrogen functional groups attached to an aromatic ring is 1. The van der Waals surface area contributed by atoms with Crippen molar-refractivity contribution in [3.05, 3.63) is 108 Å². The number of azo groups is 1. The normalized spacial score (nSPS) is 11.3. The molecule has 0 unspecified atom stereocenters. The van der Waals surface area contributed by atoms with E-state index >= 15 is 0 Å². The molecular weight excluding hydrogens is 428 g/mol. The highest BCUT2D eigenvalue weighted by atomic mass is 35.5. The molecule has 5 rings (SSSR count). The zero-order valence-electron chi connectivity index (χ0n) is 18.0. The molecule has 160 valence electrons. The summed E-state index contributed by atoms with van der Waals surface area (Å²) in [6.45, 7) is 2.07. The summed E-state index contributed by atoms with van der Waals surface area (Å²) in [5.74, 6) is 0. The van der Waals surface area contributed by atoms with Gasteiger partial charge < -0.3 is 5.73 Å². The number of aromatic nitrogens is 1. The SMILES string of the molecule is Cc1ccc(-c2cccc(Cl)c2)c(-c2ccc(N=Nc3ccc4ccccc4c3N)cn2)c1. The van der Waals surface area contributed by atoms with Gasteiger partial charge in [-0.05, 0) is 59.8 Å². The van der Waals surface area contributed by atoms with Crippen LogP contribution in [-0.4, -0.2) is 4.98 Å². The molecule has 5 aromatic rings. The van der Waals surface area contributed by atoms with Crippen molar-refractivity contribution in [3.8, 4) is 22.4 Å². The fraction of sp³-hybridized carbons (Fsp3) is 0.0357. The molecular formula is C28H21ClN4. The van der Waals surface area contributed by atoms with Crippen LogP contribution in [0.4, 0.5) is 17.1 Å². The molecule has 0 radical (unpaired) electrons. The molecule has 1 aromatic heterocycles. The maximum Gasteiger partial charge on any atom is 0.109 e. The maximum absolute atomic E-state index is 6.30. The Balaban J connectivity index is 1.46. The molecule has 0 fully saturated rings. The topological polar surface area (TPSA) is 63.6 Å². The van der Waals surface area contributed by atoms with E-state index in [1.54, 1.807) is 6.20 Å². The Morgan fingerprint density at radius 2 is 1.67 bits per heavy atom. The van der Waals surface area contributed by atoms with E-state index in [2.05, 4.69) is 46.4 Å². The zero-order chi connectivity index (χ0) is 22.8. The van der Waals surface area contributed by atoms with Crippen molar-refractivity contribution < 1.29 is 0 Å². The largest absolute Gasteiger partial charge is 0.396 e. The lowest BCUT2D eigenvalue weighted by Crippen LogP contribution is -1.89. The second-order valence-corrected chi connectivity index (χ2v) is 8.32. The number of aryl methyl sites for hydroxylation is 1. The third kappa shape index (κ3) is 4.34. The number of fused-ring (bicyclic) bond motifs is 1. The van der Waals surface area contributed by atoms with Crippen LogP contribution >= 0.6 is 11.6 Å². The van der Waals surface area contributed by atoms with Gasteiger partial charge in [0.25, 0.3) is 0 Å². The van der Waals surface area contributed by atoms with Crippen LogP contribution in [0.5, 0.6) is 0 Å².